The fraction of sp³-hybridized carbons (Fsp3) is 0.714. The van der Waals surface area contributed by atoms with Crippen LogP contribution in [0.1, 0.15) is 56.1 Å². The van der Waals surface area contributed by atoms with Crippen molar-refractivity contribution in [3.05, 3.63) is 4.88 Å². The third kappa shape index (κ3) is 4.37. The number of nitrogens with two attached hydrogens (primary N) is 1. The molecule has 1 atom stereocenters. The number of nitrogens with one attached hydrogen (secondary N) is 2. The number of nitrogens with zero attached hydrogens (tertiary/aromatic N) is 1. The minimum absolute atomic E-state index is 0.111. The number of anilines is 2. The van der Waals surface area contributed by atoms with Gasteiger partial charge in [-0.1, -0.05) is 25.2 Å². The monoisotopic (exact) mass is 296 g/mol. The molecule has 1 aromatic rings. The van der Waals surface area contributed by atoms with Gasteiger partial charge < -0.3 is 16.4 Å². The summed E-state index contributed by atoms with van der Waals surface area (Å²) >= 11 is 1.34. The van der Waals surface area contributed by atoms with E-state index in [1.165, 1.54) is 24.2 Å². The summed E-state index contributed by atoms with van der Waals surface area (Å²) in [6, 6.07) is 0.674. The molecule has 20 heavy (non-hydrogen) atoms. The second-order valence-corrected chi connectivity index (χ2v) is 7.00. The Kier molecular flexibility index (Phi) is 4.86. The molecular weight excluding hydrogens is 272 g/mol. The lowest BCUT2D eigenvalue weighted by Crippen LogP contribution is -2.32. The van der Waals surface area contributed by atoms with Gasteiger partial charge in [0, 0.05) is 12.1 Å². The first-order valence-electron chi connectivity index (χ1n) is 7.29. The summed E-state index contributed by atoms with van der Waals surface area (Å²) in [5.41, 5.74) is 5.83. The number of nitrogen functional groups attached to an aromatic ring is 1. The molecule has 4 N–H and O–H groups in total. The van der Waals surface area contributed by atoms with Gasteiger partial charge in [0.25, 0.3) is 5.91 Å². The van der Waals surface area contributed by atoms with Crippen molar-refractivity contribution in [1.29, 1.82) is 0 Å². The maximum Gasteiger partial charge on any atom is 0.265 e. The molecule has 2 rings (SSSR count). The van der Waals surface area contributed by atoms with Gasteiger partial charge in [0.2, 0.25) is 0 Å². The lowest BCUT2D eigenvalue weighted by Gasteiger charge is -2.14. The molecule has 0 aliphatic heterocycles. The number of hydrogen-bond donors (Lipinski definition) is 3. The van der Waals surface area contributed by atoms with Crippen molar-refractivity contribution in [3.63, 3.8) is 0 Å². The Hall–Kier alpha value is -1.30. The maximum absolute atomic E-state index is 12.2. The zero-order valence-corrected chi connectivity index (χ0v) is 13.2. The first kappa shape index (κ1) is 15.1. The summed E-state index contributed by atoms with van der Waals surface area (Å²) in [5.74, 6) is 0.865. The molecule has 1 aliphatic rings. The van der Waals surface area contributed by atoms with Crippen LogP contribution in [0.25, 0.3) is 0 Å². The van der Waals surface area contributed by atoms with E-state index in [2.05, 4.69) is 29.5 Å². The molecule has 112 valence electrons. The van der Waals surface area contributed by atoms with Gasteiger partial charge in [-0.2, -0.15) is 0 Å². The molecule has 6 heteroatoms. The van der Waals surface area contributed by atoms with E-state index in [0.717, 1.165) is 18.0 Å². The minimum Gasteiger partial charge on any atom is -0.382 e. The number of carbonyl (C=O) groups is 1. The summed E-state index contributed by atoms with van der Waals surface area (Å²) in [5, 5.41) is 7.03. The minimum atomic E-state index is -0.111. The van der Waals surface area contributed by atoms with Gasteiger partial charge in [0.05, 0.1) is 0 Å². The van der Waals surface area contributed by atoms with Crippen molar-refractivity contribution in [2.75, 3.05) is 11.1 Å². The quantitative estimate of drug-likeness (QED) is 0.723. The van der Waals surface area contributed by atoms with Gasteiger partial charge in [-0.05, 0) is 38.5 Å². The second-order valence-electron chi connectivity index (χ2n) is 6.00. The molecule has 1 heterocycles. The van der Waals surface area contributed by atoms with E-state index < -0.39 is 0 Å². The molecule has 1 saturated carbocycles. The number of hydrogen-bond acceptors (Lipinski definition) is 5. The van der Waals surface area contributed by atoms with Gasteiger partial charge >= 0.3 is 0 Å². The Labute approximate surface area is 124 Å². The van der Waals surface area contributed by atoms with Gasteiger partial charge in [-0.25, -0.2) is 4.98 Å². The second kappa shape index (κ2) is 6.43. The highest BCUT2D eigenvalue weighted by atomic mass is 32.1. The Morgan fingerprint density at radius 3 is 2.70 bits per heavy atom. The van der Waals surface area contributed by atoms with Crippen molar-refractivity contribution >= 4 is 28.2 Å². The smallest absolute Gasteiger partial charge is 0.265 e. The van der Waals surface area contributed by atoms with Crippen molar-refractivity contribution in [3.8, 4) is 0 Å². The Bertz CT molecular complexity index is 468. The lowest BCUT2D eigenvalue weighted by molar-refractivity contribution is 0.0942. The normalized spacial score (nSPS) is 16.2. The topological polar surface area (TPSA) is 80.0 Å². The molecule has 0 bridgehead atoms. The van der Waals surface area contributed by atoms with E-state index >= 15 is 0 Å². The van der Waals surface area contributed by atoms with Crippen molar-refractivity contribution < 1.29 is 4.79 Å². The molecule has 0 spiro atoms. The number of amides is 1. The average molecular weight is 296 g/mol. The summed E-state index contributed by atoms with van der Waals surface area (Å²) < 4.78 is 0. The molecule has 0 saturated heterocycles. The fourth-order valence-corrected chi connectivity index (χ4v) is 2.77. The zero-order chi connectivity index (χ0) is 14.7. The van der Waals surface area contributed by atoms with Gasteiger partial charge in [-0.15, -0.1) is 0 Å². The molecule has 0 radical (unpaired) electrons. The van der Waals surface area contributed by atoms with Crippen LogP contribution in [0.5, 0.6) is 0 Å². The molecule has 1 aromatic heterocycles. The first-order chi connectivity index (χ1) is 9.45. The Morgan fingerprint density at radius 1 is 1.40 bits per heavy atom. The van der Waals surface area contributed by atoms with E-state index in [4.69, 9.17) is 5.73 Å². The van der Waals surface area contributed by atoms with Crippen molar-refractivity contribution in [2.45, 2.75) is 58.5 Å². The highest BCUT2D eigenvalue weighted by Crippen LogP contribution is 2.30. The van der Waals surface area contributed by atoms with Crippen LogP contribution in [0.3, 0.4) is 0 Å². The summed E-state index contributed by atoms with van der Waals surface area (Å²) in [4.78, 5) is 16.9. The fourth-order valence-electron chi connectivity index (χ4n) is 1.90. The zero-order valence-electron chi connectivity index (χ0n) is 12.4. The predicted octanol–water partition coefficient (Wildman–Crippen LogP) is 2.85. The van der Waals surface area contributed by atoms with E-state index in [1.807, 2.05) is 6.92 Å². The molecular formula is C14H24N4OS. The largest absolute Gasteiger partial charge is 0.382 e. The van der Waals surface area contributed by atoms with E-state index in [9.17, 15) is 4.79 Å². The van der Waals surface area contributed by atoms with Crippen LogP contribution in [0.2, 0.25) is 0 Å². The Balaban J connectivity index is 1.89. The molecule has 1 unspecified atom stereocenters. The SMILES string of the molecule is CC(C)CCC(C)NC(=O)c1sc(NC2CC2)nc1N. The van der Waals surface area contributed by atoms with Crippen molar-refractivity contribution in [2.24, 2.45) is 5.92 Å². The third-order valence-electron chi connectivity index (χ3n) is 3.32. The highest BCUT2D eigenvalue weighted by Gasteiger charge is 2.24. The summed E-state index contributed by atoms with van der Waals surface area (Å²) in [7, 11) is 0. The van der Waals surface area contributed by atoms with Crippen LogP contribution in [-0.4, -0.2) is 23.0 Å². The van der Waals surface area contributed by atoms with Crippen LogP contribution >= 0.6 is 11.3 Å². The van der Waals surface area contributed by atoms with Crippen LogP contribution in [0.15, 0.2) is 0 Å². The van der Waals surface area contributed by atoms with E-state index in [-0.39, 0.29) is 11.9 Å². The maximum atomic E-state index is 12.2. The van der Waals surface area contributed by atoms with Crippen LogP contribution in [-0.2, 0) is 0 Å². The highest BCUT2D eigenvalue weighted by molar-refractivity contribution is 7.18. The predicted molar refractivity (Wildman–Crippen MR) is 84.2 cm³/mol. The van der Waals surface area contributed by atoms with Gasteiger partial charge in [-0.3, -0.25) is 4.79 Å². The summed E-state index contributed by atoms with van der Waals surface area (Å²) in [6.45, 7) is 6.40. The number of rotatable bonds is 7. The average Bonchev–Trinajstić information content (AvgIpc) is 3.09. The van der Waals surface area contributed by atoms with Crippen LogP contribution < -0.4 is 16.4 Å². The first-order valence-corrected chi connectivity index (χ1v) is 8.11. The standard InChI is InChI=1S/C14H24N4OS/c1-8(2)4-5-9(3)16-13(19)11-12(15)18-14(20-11)17-10-6-7-10/h8-10H,4-7,15H2,1-3H3,(H,16,19)(H,17,18). The number of carbonyl (C=O) groups excluding carboxylic acids is 1. The van der Waals surface area contributed by atoms with Crippen LogP contribution in [0.4, 0.5) is 10.9 Å². The molecule has 0 aromatic carbocycles. The number of aromatic nitrogens is 1. The third-order valence-corrected chi connectivity index (χ3v) is 4.32. The van der Waals surface area contributed by atoms with Crippen molar-refractivity contribution in [1.82, 2.24) is 10.3 Å². The molecule has 5 nitrogen and oxygen atoms in total. The van der Waals surface area contributed by atoms with E-state index in [1.54, 1.807) is 0 Å². The van der Waals surface area contributed by atoms with Gasteiger partial charge in [0.1, 0.15) is 10.7 Å². The molecule has 1 fully saturated rings. The van der Waals surface area contributed by atoms with E-state index in [0.29, 0.717) is 22.7 Å². The number of thiazole rings is 1. The Morgan fingerprint density at radius 2 is 2.10 bits per heavy atom. The van der Waals surface area contributed by atoms with Gasteiger partial charge in [0.15, 0.2) is 5.13 Å². The molecule has 1 amide bonds. The summed E-state index contributed by atoms with van der Waals surface area (Å²) in [6.07, 6.45) is 4.43. The lowest BCUT2D eigenvalue weighted by atomic mass is 10.0. The van der Waals surface area contributed by atoms with Crippen LogP contribution in [0, 0.1) is 5.92 Å². The molecule has 1 aliphatic carbocycles.